The van der Waals surface area contributed by atoms with E-state index < -0.39 is 11.7 Å². The van der Waals surface area contributed by atoms with E-state index in [1.54, 1.807) is 11.3 Å². The molecule has 0 radical (unpaired) electrons. The van der Waals surface area contributed by atoms with Gasteiger partial charge in [0, 0.05) is 28.8 Å². The van der Waals surface area contributed by atoms with Crippen LogP contribution in [-0.4, -0.2) is 24.8 Å². The van der Waals surface area contributed by atoms with Crippen molar-refractivity contribution in [2.45, 2.75) is 46.1 Å². The molecule has 1 heterocycles. The first kappa shape index (κ1) is 16.0. The molecule has 1 rings (SSSR count). The fraction of sp³-hybridized carbons (Fsp3) is 0.643. The summed E-state index contributed by atoms with van der Waals surface area (Å²) in [6.45, 7) is 10.7. The molecular weight excluding hydrogens is 260 g/mol. The number of hydrogen-bond donors (Lipinski definition) is 2. The van der Waals surface area contributed by atoms with Crippen LogP contribution in [0.15, 0.2) is 6.07 Å². The van der Waals surface area contributed by atoms with E-state index in [1.807, 2.05) is 20.8 Å². The number of ether oxygens (including phenoxy) is 1. The summed E-state index contributed by atoms with van der Waals surface area (Å²) in [5.41, 5.74) is 6.56. The molecule has 0 spiro atoms. The lowest BCUT2D eigenvalue weighted by Crippen LogP contribution is -2.36. The van der Waals surface area contributed by atoms with Crippen LogP contribution in [0.5, 0.6) is 0 Å². The smallest absolute Gasteiger partial charge is 0.407 e. The summed E-state index contributed by atoms with van der Waals surface area (Å²) in [5, 5.41) is 2.79. The molecule has 0 saturated heterocycles. The Balaban J connectivity index is 2.59. The van der Waals surface area contributed by atoms with Gasteiger partial charge in [0.05, 0.1) is 0 Å². The minimum Gasteiger partial charge on any atom is -0.444 e. The van der Waals surface area contributed by atoms with E-state index >= 15 is 0 Å². The van der Waals surface area contributed by atoms with E-state index in [9.17, 15) is 4.79 Å². The highest BCUT2D eigenvalue weighted by molar-refractivity contribution is 7.12. The molecule has 4 nitrogen and oxygen atoms in total. The van der Waals surface area contributed by atoms with Crippen LogP contribution in [0.3, 0.4) is 0 Å². The summed E-state index contributed by atoms with van der Waals surface area (Å²) in [6.07, 6.45) is -0.393. The standard InChI is InChI=1S/C14H24N2O2S/c1-9-6-12(10(2)19-9)11(7-15)8-16-13(17)18-14(3,4)5/h6,11H,7-8,15H2,1-5H3,(H,16,17). The second-order valence-electron chi connectivity index (χ2n) is 5.68. The van der Waals surface area contributed by atoms with Crippen LogP contribution in [-0.2, 0) is 4.74 Å². The number of rotatable bonds is 4. The lowest BCUT2D eigenvalue weighted by molar-refractivity contribution is 0.0525. The zero-order valence-corrected chi connectivity index (χ0v) is 13.2. The monoisotopic (exact) mass is 284 g/mol. The van der Waals surface area contributed by atoms with Crippen molar-refractivity contribution in [1.29, 1.82) is 0 Å². The van der Waals surface area contributed by atoms with Gasteiger partial charge >= 0.3 is 6.09 Å². The van der Waals surface area contributed by atoms with Gasteiger partial charge in [-0.3, -0.25) is 0 Å². The Hall–Kier alpha value is -1.07. The van der Waals surface area contributed by atoms with E-state index in [0.717, 1.165) is 0 Å². The van der Waals surface area contributed by atoms with Crippen LogP contribution < -0.4 is 11.1 Å². The topological polar surface area (TPSA) is 64.3 Å². The summed E-state index contributed by atoms with van der Waals surface area (Å²) in [5.74, 6) is 0.137. The van der Waals surface area contributed by atoms with Crippen LogP contribution in [0, 0.1) is 13.8 Å². The van der Waals surface area contributed by atoms with Gasteiger partial charge < -0.3 is 15.8 Å². The molecule has 0 bridgehead atoms. The van der Waals surface area contributed by atoms with Crippen molar-refractivity contribution < 1.29 is 9.53 Å². The molecule has 1 aromatic rings. The highest BCUT2D eigenvalue weighted by Gasteiger charge is 2.19. The third-order valence-corrected chi connectivity index (χ3v) is 3.68. The van der Waals surface area contributed by atoms with Crippen molar-refractivity contribution in [1.82, 2.24) is 5.32 Å². The van der Waals surface area contributed by atoms with E-state index in [-0.39, 0.29) is 5.92 Å². The summed E-state index contributed by atoms with van der Waals surface area (Å²) in [4.78, 5) is 14.2. The zero-order valence-electron chi connectivity index (χ0n) is 12.4. The first-order chi connectivity index (χ1) is 8.73. The Morgan fingerprint density at radius 2 is 2.11 bits per heavy atom. The molecule has 0 aliphatic heterocycles. The number of nitrogens with one attached hydrogen (secondary N) is 1. The molecule has 5 heteroatoms. The number of aryl methyl sites for hydroxylation is 2. The molecule has 3 N–H and O–H groups in total. The summed E-state index contributed by atoms with van der Waals surface area (Å²) in [6, 6.07) is 2.15. The third kappa shape index (κ3) is 5.20. The molecule has 1 amide bonds. The van der Waals surface area contributed by atoms with Gasteiger partial charge in [0.25, 0.3) is 0 Å². The van der Waals surface area contributed by atoms with Crippen molar-refractivity contribution >= 4 is 17.4 Å². The maximum atomic E-state index is 11.6. The van der Waals surface area contributed by atoms with Crippen molar-refractivity contribution in [3.63, 3.8) is 0 Å². The minimum absolute atomic E-state index is 0.137. The molecule has 0 fully saturated rings. The average molecular weight is 284 g/mol. The first-order valence-corrected chi connectivity index (χ1v) is 7.28. The van der Waals surface area contributed by atoms with E-state index in [2.05, 4.69) is 25.2 Å². The Labute approximate surface area is 119 Å². The van der Waals surface area contributed by atoms with Crippen molar-refractivity contribution in [2.75, 3.05) is 13.1 Å². The maximum Gasteiger partial charge on any atom is 0.407 e. The number of carbonyl (C=O) groups is 1. The van der Waals surface area contributed by atoms with Gasteiger partial charge in [0.1, 0.15) is 5.60 Å². The Morgan fingerprint density at radius 1 is 1.47 bits per heavy atom. The molecule has 0 saturated carbocycles. The molecular formula is C14H24N2O2S. The van der Waals surface area contributed by atoms with Gasteiger partial charge in [-0.05, 0) is 46.2 Å². The Morgan fingerprint density at radius 3 is 2.53 bits per heavy atom. The number of thiophene rings is 1. The van der Waals surface area contributed by atoms with Gasteiger partial charge in [-0.25, -0.2) is 4.79 Å². The molecule has 0 aliphatic rings. The zero-order chi connectivity index (χ0) is 14.6. The fourth-order valence-electron chi connectivity index (χ4n) is 1.90. The second kappa shape index (κ2) is 6.39. The molecule has 0 aliphatic carbocycles. The van der Waals surface area contributed by atoms with Gasteiger partial charge in [-0.1, -0.05) is 0 Å². The van der Waals surface area contributed by atoms with Crippen LogP contribution in [0.2, 0.25) is 0 Å². The summed E-state index contributed by atoms with van der Waals surface area (Å²) in [7, 11) is 0. The van der Waals surface area contributed by atoms with Crippen LogP contribution in [0.4, 0.5) is 4.79 Å². The highest BCUT2D eigenvalue weighted by Crippen LogP contribution is 2.27. The SMILES string of the molecule is Cc1cc(C(CN)CNC(=O)OC(C)(C)C)c(C)s1. The largest absolute Gasteiger partial charge is 0.444 e. The first-order valence-electron chi connectivity index (χ1n) is 6.46. The fourth-order valence-corrected chi connectivity index (χ4v) is 2.91. The Bertz CT molecular complexity index is 435. The van der Waals surface area contributed by atoms with Crippen molar-refractivity contribution in [3.8, 4) is 0 Å². The molecule has 1 aromatic heterocycles. The summed E-state index contributed by atoms with van der Waals surface area (Å²) >= 11 is 1.76. The molecule has 19 heavy (non-hydrogen) atoms. The summed E-state index contributed by atoms with van der Waals surface area (Å²) < 4.78 is 5.22. The molecule has 0 aromatic carbocycles. The van der Waals surface area contributed by atoms with Crippen LogP contribution >= 0.6 is 11.3 Å². The minimum atomic E-state index is -0.475. The van der Waals surface area contributed by atoms with Gasteiger partial charge in [0.15, 0.2) is 0 Å². The van der Waals surface area contributed by atoms with Crippen LogP contribution in [0.1, 0.15) is 42.0 Å². The van der Waals surface area contributed by atoms with Crippen LogP contribution in [0.25, 0.3) is 0 Å². The highest BCUT2D eigenvalue weighted by atomic mass is 32.1. The third-order valence-electron chi connectivity index (χ3n) is 2.70. The van der Waals surface area contributed by atoms with E-state index in [1.165, 1.54) is 15.3 Å². The van der Waals surface area contributed by atoms with Gasteiger partial charge in [0.2, 0.25) is 0 Å². The van der Waals surface area contributed by atoms with Gasteiger partial charge in [-0.15, -0.1) is 11.3 Å². The number of alkyl carbamates (subject to hydrolysis) is 1. The molecule has 1 atom stereocenters. The number of amides is 1. The second-order valence-corrected chi connectivity index (χ2v) is 7.14. The van der Waals surface area contributed by atoms with Gasteiger partial charge in [-0.2, -0.15) is 0 Å². The lowest BCUT2D eigenvalue weighted by Gasteiger charge is -2.21. The van der Waals surface area contributed by atoms with Crippen molar-refractivity contribution in [3.05, 3.63) is 21.4 Å². The molecule has 108 valence electrons. The lowest BCUT2D eigenvalue weighted by atomic mass is 10.00. The molecule has 1 unspecified atom stereocenters. The Kier molecular flexibility index (Phi) is 5.38. The number of carbonyl (C=O) groups excluding carboxylic acids is 1. The van der Waals surface area contributed by atoms with E-state index in [4.69, 9.17) is 10.5 Å². The van der Waals surface area contributed by atoms with Crippen molar-refractivity contribution in [2.24, 2.45) is 5.73 Å². The quantitative estimate of drug-likeness (QED) is 0.893. The van der Waals surface area contributed by atoms with E-state index in [0.29, 0.717) is 13.1 Å². The number of nitrogens with two attached hydrogens (primary N) is 1. The number of hydrogen-bond acceptors (Lipinski definition) is 4. The normalized spacial score (nSPS) is 13.2. The predicted octanol–water partition coefficient (Wildman–Crippen LogP) is 2.93. The average Bonchev–Trinajstić information content (AvgIpc) is 2.56. The maximum absolute atomic E-state index is 11.6. The predicted molar refractivity (Wildman–Crippen MR) is 79.8 cm³/mol.